The molecule has 126 valence electrons. The second-order valence-corrected chi connectivity index (χ2v) is 5.58. The first-order valence-electron chi connectivity index (χ1n) is 7.34. The maximum absolute atomic E-state index is 12.0. The summed E-state index contributed by atoms with van der Waals surface area (Å²) in [7, 11) is 0. The van der Waals surface area contributed by atoms with E-state index in [1.165, 1.54) is 12.1 Å². The zero-order valence-corrected chi connectivity index (χ0v) is 13.7. The number of nitrogens with one attached hydrogen (secondary N) is 1. The van der Waals surface area contributed by atoms with Gasteiger partial charge in [0.05, 0.1) is 11.3 Å². The highest BCUT2D eigenvalue weighted by Gasteiger charge is 2.12. The van der Waals surface area contributed by atoms with Crippen molar-refractivity contribution in [2.75, 3.05) is 11.9 Å². The molecule has 2 rings (SSSR count). The third-order valence-corrected chi connectivity index (χ3v) is 3.64. The van der Waals surface area contributed by atoms with Crippen LogP contribution in [0.2, 0.25) is 0 Å². The van der Waals surface area contributed by atoms with E-state index >= 15 is 0 Å². The summed E-state index contributed by atoms with van der Waals surface area (Å²) in [5, 5.41) is 21.1. The number of ether oxygens (including phenoxy) is 1. The Morgan fingerprint density at radius 3 is 2.46 bits per heavy atom. The van der Waals surface area contributed by atoms with E-state index in [0.717, 1.165) is 22.8 Å². The molecule has 0 atom stereocenters. The van der Waals surface area contributed by atoms with Crippen LogP contribution in [0.25, 0.3) is 0 Å². The van der Waals surface area contributed by atoms with Crippen LogP contribution < -0.4 is 10.1 Å². The van der Waals surface area contributed by atoms with Crippen molar-refractivity contribution in [3.05, 3.63) is 52.6 Å². The van der Waals surface area contributed by atoms with E-state index in [1.54, 1.807) is 0 Å². The first-order valence-corrected chi connectivity index (χ1v) is 7.34. The second kappa shape index (κ2) is 7.04. The van der Waals surface area contributed by atoms with Crippen LogP contribution in [0.1, 0.15) is 27.0 Å². The first kappa shape index (κ1) is 17.3. The zero-order chi connectivity index (χ0) is 17.9. The number of hydrogen-bond acceptors (Lipinski definition) is 4. The Bertz CT molecular complexity index is 798. The number of carbonyl (C=O) groups excluding carboxylic acids is 1. The Hall–Kier alpha value is -3.02. The minimum Gasteiger partial charge on any atom is -0.506 e. The highest BCUT2D eigenvalue weighted by Crippen LogP contribution is 2.25. The molecule has 0 aliphatic rings. The van der Waals surface area contributed by atoms with Crippen LogP contribution in [0, 0.1) is 20.8 Å². The van der Waals surface area contributed by atoms with Crippen LogP contribution in [0.15, 0.2) is 30.3 Å². The van der Waals surface area contributed by atoms with E-state index < -0.39 is 11.9 Å². The Balaban J connectivity index is 2.03. The van der Waals surface area contributed by atoms with E-state index in [4.69, 9.17) is 9.84 Å². The number of amides is 1. The summed E-state index contributed by atoms with van der Waals surface area (Å²) < 4.78 is 5.55. The Morgan fingerprint density at radius 2 is 1.83 bits per heavy atom. The smallest absolute Gasteiger partial charge is 0.335 e. The van der Waals surface area contributed by atoms with Crippen molar-refractivity contribution in [3.63, 3.8) is 0 Å². The lowest BCUT2D eigenvalue weighted by atomic mass is 10.1. The van der Waals surface area contributed by atoms with Crippen LogP contribution in [0.3, 0.4) is 0 Å². The fourth-order valence-electron chi connectivity index (χ4n) is 2.25. The first-order chi connectivity index (χ1) is 11.3. The zero-order valence-electron chi connectivity index (χ0n) is 13.7. The number of carboxylic acid groups (broad SMARTS) is 1. The minimum absolute atomic E-state index is 0.0624. The molecule has 0 radical (unpaired) electrons. The van der Waals surface area contributed by atoms with Gasteiger partial charge >= 0.3 is 5.97 Å². The van der Waals surface area contributed by atoms with Crippen molar-refractivity contribution in [2.24, 2.45) is 0 Å². The van der Waals surface area contributed by atoms with Gasteiger partial charge in [0.15, 0.2) is 6.61 Å². The normalized spacial score (nSPS) is 10.3. The van der Waals surface area contributed by atoms with Crippen LogP contribution in [0.4, 0.5) is 5.69 Å². The highest BCUT2D eigenvalue weighted by atomic mass is 16.5. The predicted octanol–water partition coefficient (Wildman–Crippen LogP) is 3.03. The summed E-state index contributed by atoms with van der Waals surface area (Å²) in [6, 6.07) is 7.59. The molecule has 0 saturated heterocycles. The van der Waals surface area contributed by atoms with Gasteiger partial charge in [0.1, 0.15) is 11.5 Å². The predicted molar refractivity (Wildman–Crippen MR) is 89.8 cm³/mol. The number of aromatic hydroxyl groups is 1. The molecule has 6 heteroatoms. The molecule has 0 aromatic heterocycles. The molecule has 0 aliphatic carbocycles. The van der Waals surface area contributed by atoms with E-state index in [-0.39, 0.29) is 23.6 Å². The van der Waals surface area contributed by atoms with Crippen molar-refractivity contribution >= 4 is 17.6 Å². The molecule has 0 heterocycles. The number of aryl methyl sites for hydroxylation is 2. The molecule has 0 spiro atoms. The molecule has 2 aromatic carbocycles. The molecule has 1 amide bonds. The standard InChI is InChI=1S/C18H19NO5/c1-10-6-11(2)12(3)16(7-10)24-9-17(21)19-14-5-4-13(18(22)23)8-15(14)20/h4-8,20H,9H2,1-3H3,(H,19,21)(H,22,23). The molecule has 0 unspecified atom stereocenters. The molecule has 0 fully saturated rings. The maximum Gasteiger partial charge on any atom is 0.335 e. The summed E-state index contributed by atoms with van der Waals surface area (Å²) in [5.41, 5.74) is 3.14. The number of benzene rings is 2. The second-order valence-electron chi connectivity index (χ2n) is 5.58. The summed E-state index contributed by atoms with van der Waals surface area (Å²) in [6.07, 6.45) is 0. The van der Waals surface area contributed by atoms with Gasteiger partial charge in [-0.25, -0.2) is 4.79 Å². The van der Waals surface area contributed by atoms with Crippen molar-refractivity contribution in [1.29, 1.82) is 0 Å². The summed E-state index contributed by atoms with van der Waals surface area (Å²) in [6.45, 7) is 5.61. The molecule has 2 aromatic rings. The Labute approximate surface area is 139 Å². The molecule has 0 bridgehead atoms. The lowest BCUT2D eigenvalue weighted by Gasteiger charge is -2.13. The number of carbonyl (C=O) groups is 2. The average molecular weight is 329 g/mol. The number of carboxylic acids is 1. The van der Waals surface area contributed by atoms with Gasteiger partial charge in [-0.3, -0.25) is 4.79 Å². The van der Waals surface area contributed by atoms with Crippen molar-refractivity contribution < 1.29 is 24.5 Å². The number of phenolic OH excluding ortho intramolecular Hbond substituents is 1. The van der Waals surface area contributed by atoms with Crippen LogP contribution in [0.5, 0.6) is 11.5 Å². The van der Waals surface area contributed by atoms with Gasteiger partial charge in [0.2, 0.25) is 0 Å². The molecule has 6 nitrogen and oxygen atoms in total. The third-order valence-electron chi connectivity index (χ3n) is 3.64. The van der Waals surface area contributed by atoms with Crippen LogP contribution >= 0.6 is 0 Å². The maximum atomic E-state index is 12.0. The summed E-state index contributed by atoms with van der Waals surface area (Å²) >= 11 is 0. The largest absolute Gasteiger partial charge is 0.506 e. The average Bonchev–Trinajstić information content (AvgIpc) is 2.51. The fourth-order valence-corrected chi connectivity index (χ4v) is 2.25. The topological polar surface area (TPSA) is 95.9 Å². The molecule has 0 aliphatic heterocycles. The number of aromatic carboxylic acids is 1. The van der Waals surface area contributed by atoms with Crippen LogP contribution in [-0.4, -0.2) is 28.7 Å². The Morgan fingerprint density at radius 1 is 1.12 bits per heavy atom. The van der Waals surface area contributed by atoms with Crippen molar-refractivity contribution in [1.82, 2.24) is 0 Å². The van der Waals surface area contributed by atoms with Gasteiger partial charge in [-0.1, -0.05) is 6.07 Å². The van der Waals surface area contributed by atoms with Gasteiger partial charge in [-0.15, -0.1) is 0 Å². The highest BCUT2D eigenvalue weighted by molar-refractivity contribution is 5.95. The number of hydrogen-bond donors (Lipinski definition) is 3. The van der Waals surface area contributed by atoms with Gasteiger partial charge in [-0.2, -0.15) is 0 Å². The van der Waals surface area contributed by atoms with E-state index in [9.17, 15) is 14.7 Å². The number of phenols is 1. The van der Waals surface area contributed by atoms with E-state index in [0.29, 0.717) is 5.75 Å². The monoisotopic (exact) mass is 329 g/mol. The van der Waals surface area contributed by atoms with E-state index in [1.807, 2.05) is 32.9 Å². The number of rotatable bonds is 5. The molecule has 0 saturated carbocycles. The van der Waals surface area contributed by atoms with Gasteiger partial charge < -0.3 is 20.3 Å². The fraction of sp³-hybridized carbons (Fsp3) is 0.222. The quantitative estimate of drug-likeness (QED) is 0.733. The summed E-state index contributed by atoms with van der Waals surface area (Å²) in [5.74, 6) is -1.29. The molecular formula is C18H19NO5. The van der Waals surface area contributed by atoms with Gasteiger partial charge in [0.25, 0.3) is 5.91 Å². The summed E-state index contributed by atoms with van der Waals surface area (Å²) in [4.78, 5) is 22.8. The lowest BCUT2D eigenvalue weighted by molar-refractivity contribution is -0.118. The number of anilines is 1. The lowest BCUT2D eigenvalue weighted by Crippen LogP contribution is -2.20. The molecule has 3 N–H and O–H groups in total. The van der Waals surface area contributed by atoms with Crippen molar-refractivity contribution in [2.45, 2.75) is 20.8 Å². The minimum atomic E-state index is -1.16. The van der Waals surface area contributed by atoms with Gasteiger partial charge in [0, 0.05) is 0 Å². The van der Waals surface area contributed by atoms with Crippen LogP contribution in [-0.2, 0) is 4.79 Å². The van der Waals surface area contributed by atoms with Gasteiger partial charge in [-0.05, 0) is 61.7 Å². The SMILES string of the molecule is Cc1cc(C)c(C)c(OCC(=O)Nc2ccc(C(=O)O)cc2O)c1. The third kappa shape index (κ3) is 4.04. The Kier molecular flexibility index (Phi) is 5.08. The molecule has 24 heavy (non-hydrogen) atoms. The van der Waals surface area contributed by atoms with Crippen molar-refractivity contribution in [3.8, 4) is 11.5 Å². The van der Waals surface area contributed by atoms with E-state index in [2.05, 4.69) is 5.32 Å². The molecular weight excluding hydrogens is 310 g/mol.